The molecule has 1 aromatic rings. The van der Waals surface area contributed by atoms with Crippen molar-refractivity contribution in [2.45, 2.75) is 18.4 Å². The summed E-state index contributed by atoms with van der Waals surface area (Å²) in [4.78, 5) is 11.8. The van der Waals surface area contributed by atoms with E-state index in [1.165, 1.54) is 11.8 Å². The van der Waals surface area contributed by atoms with Crippen LogP contribution in [0.1, 0.15) is 18.4 Å². The zero-order chi connectivity index (χ0) is 12.8. The van der Waals surface area contributed by atoms with Crippen LogP contribution in [0.4, 0.5) is 0 Å². The van der Waals surface area contributed by atoms with Gasteiger partial charge in [-0.25, -0.2) is 0 Å². The van der Waals surface area contributed by atoms with Crippen LogP contribution >= 0.6 is 11.8 Å². The van der Waals surface area contributed by atoms with Crippen molar-refractivity contribution in [3.8, 4) is 0 Å². The Bertz CT molecular complexity index is 388. The van der Waals surface area contributed by atoms with Crippen LogP contribution in [0.15, 0.2) is 30.3 Å². The summed E-state index contributed by atoms with van der Waals surface area (Å²) in [6.07, 6.45) is 3.60. The van der Waals surface area contributed by atoms with E-state index < -0.39 is 5.60 Å². The number of nitrogens with one attached hydrogen (secondary N) is 1. The van der Waals surface area contributed by atoms with Gasteiger partial charge in [0.15, 0.2) is 0 Å². The lowest BCUT2D eigenvalue weighted by atomic mass is 9.85. The van der Waals surface area contributed by atoms with Crippen molar-refractivity contribution in [1.82, 2.24) is 5.32 Å². The molecular weight excluding hydrogens is 246 g/mol. The molecule has 2 rings (SSSR count). The van der Waals surface area contributed by atoms with Crippen LogP contribution in [-0.4, -0.2) is 31.1 Å². The number of benzene rings is 1. The third-order valence-electron chi connectivity index (χ3n) is 3.28. The Morgan fingerprint density at radius 3 is 2.61 bits per heavy atom. The average Bonchev–Trinajstić information content (AvgIpc) is 2.41. The first kappa shape index (κ1) is 13.4. The van der Waals surface area contributed by atoms with Crippen LogP contribution in [0.2, 0.25) is 0 Å². The second-order valence-corrected chi connectivity index (χ2v) is 5.38. The minimum Gasteiger partial charge on any atom is -0.453 e. The molecule has 0 saturated carbocycles. The van der Waals surface area contributed by atoms with Gasteiger partial charge >= 0.3 is 5.97 Å². The van der Waals surface area contributed by atoms with E-state index in [0.717, 1.165) is 31.5 Å². The second-order valence-electron chi connectivity index (χ2n) is 4.52. The summed E-state index contributed by atoms with van der Waals surface area (Å²) in [6, 6.07) is 10.1. The summed E-state index contributed by atoms with van der Waals surface area (Å²) in [5, 5.41) is 3.32. The molecule has 1 saturated heterocycles. The average molecular weight is 265 g/mol. The highest BCUT2D eigenvalue weighted by Gasteiger charge is 2.37. The van der Waals surface area contributed by atoms with Gasteiger partial charge in [0.05, 0.1) is 5.75 Å². The molecule has 0 aliphatic carbocycles. The van der Waals surface area contributed by atoms with E-state index in [1.807, 2.05) is 24.5 Å². The van der Waals surface area contributed by atoms with Crippen LogP contribution in [0, 0.1) is 0 Å². The summed E-state index contributed by atoms with van der Waals surface area (Å²) >= 11 is 1.50. The summed E-state index contributed by atoms with van der Waals surface area (Å²) in [6.45, 7) is 1.78. The van der Waals surface area contributed by atoms with Gasteiger partial charge in [-0.3, -0.25) is 4.79 Å². The molecule has 0 unspecified atom stereocenters. The Kier molecular flexibility index (Phi) is 4.66. The number of rotatable bonds is 4. The van der Waals surface area contributed by atoms with Gasteiger partial charge in [-0.05, 0) is 24.9 Å². The van der Waals surface area contributed by atoms with Crippen molar-refractivity contribution in [3.63, 3.8) is 0 Å². The van der Waals surface area contributed by atoms with Crippen molar-refractivity contribution in [3.05, 3.63) is 35.9 Å². The minimum atomic E-state index is -0.431. The standard InChI is InChI=1S/C14H19NO2S/c1-18-11-13(16)17-14(7-9-15-10-8-14)12-5-3-2-4-6-12/h2-6,15H,7-11H2,1H3. The smallest absolute Gasteiger partial charge is 0.316 e. The van der Waals surface area contributed by atoms with Gasteiger partial charge in [0, 0.05) is 12.8 Å². The van der Waals surface area contributed by atoms with Gasteiger partial charge in [-0.1, -0.05) is 30.3 Å². The lowest BCUT2D eigenvalue weighted by Gasteiger charge is -2.37. The Balaban J connectivity index is 2.20. The molecule has 0 spiro atoms. The zero-order valence-electron chi connectivity index (χ0n) is 10.6. The molecule has 0 bridgehead atoms. The highest BCUT2D eigenvalue weighted by atomic mass is 32.2. The molecule has 0 aromatic heterocycles. The van der Waals surface area contributed by atoms with Crippen molar-refractivity contribution in [1.29, 1.82) is 0 Å². The third kappa shape index (κ3) is 3.06. The summed E-state index contributed by atoms with van der Waals surface area (Å²) < 4.78 is 5.81. The Morgan fingerprint density at radius 2 is 2.00 bits per heavy atom. The third-order valence-corrected chi connectivity index (χ3v) is 3.81. The van der Waals surface area contributed by atoms with Crippen molar-refractivity contribution in [2.24, 2.45) is 0 Å². The fourth-order valence-corrected chi connectivity index (χ4v) is 2.68. The molecular formula is C14H19NO2S. The highest BCUT2D eigenvalue weighted by Crippen LogP contribution is 2.35. The molecule has 0 radical (unpaired) electrons. The first-order chi connectivity index (χ1) is 8.77. The van der Waals surface area contributed by atoms with Crippen LogP contribution < -0.4 is 5.32 Å². The maximum Gasteiger partial charge on any atom is 0.316 e. The fraction of sp³-hybridized carbons (Fsp3) is 0.500. The maximum absolute atomic E-state index is 11.8. The molecule has 1 fully saturated rings. The number of thioether (sulfide) groups is 1. The Hall–Kier alpha value is -1.00. The van der Waals surface area contributed by atoms with Crippen molar-refractivity contribution in [2.75, 3.05) is 25.1 Å². The van der Waals surface area contributed by atoms with E-state index in [9.17, 15) is 4.79 Å². The highest BCUT2D eigenvalue weighted by molar-refractivity contribution is 7.99. The molecule has 98 valence electrons. The quantitative estimate of drug-likeness (QED) is 0.847. The summed E-state index contributed by atoms with van der Waals surface area (Å²) in [5.74, 6) is 0.301. The van der Waals surface area contributed by atoms with Crippen LogP contribution in [-0.2, 0) is 15.1 Å². The van der Waals surface area contributed by atoms with E-state index in [2.05, 4.69) is 17.4 Å². The molecule has 18 heavy (non-hydrogen) atoms. The van der Waals surface area contributed by atoms with Gasteiger partial charge in [-0.15, -0.1) is 0 Å². The molecule has 1 aliphatic rings. The largest absolute Gasteiger partial charge is 0.453 e. The van der Waals surface area contributed by atoms with Gasteiger partial charge < -0.3 is 10.1 Å². The normalized spacial score (nSPS) is 18.3. The summed E-state index contributed by atoms with van der Waals surface area (Å²) in [7, 11) is 0. The molecule has 1 aliphatic heterocycles. The van der Waals surface area contributed by atoms with Crippen LogP contribution in [0.3, 0.4) is 0 Å². The monoisotopic (exact) mass is 265 g/mol. The Labute approximate surface area is 112 Å². The van der Waals surface area contributed by atoms with E-state index in [-0.39, 0.29) is 5.97 Å². The van der Waals surface area contributed by atoms with E-state index in [0.29, 0.717) is 5.75 Å². The molecule has 4 heteroatoms. The second kappa shape index (κ2) is 6.25. The lowest BCUT2D eigenvalue weighted by Crippen LogP contribution is -2.43. The minimum absolute atomic E-state index is 0.117. The summed E-state index contributed by atoms with van der Waals surface area (Å²) in [5.41, 5.74) is 0.681. The fourth-order valence-electron chi connectivity index (χ4n) is 2.39. The van der Waals surface area contributed by atoms with E-state index in [1.54, 1.807) is 0 Å². The predicted molar refractivity (Wildman–Crippen MR) is 74.7 cm³/mol. The van der Waals surface area contributed by atoms with Crippen molar-refractivity contribution >= 4 is 17.7 Å². The Morgan fingerprint density at radius 1 is 1.33 bits per heavy atom. The van der Waals surface area contributed by atoms with Gasteiger partial charge in [-0.2, -0.15) is 11.8 Å². The maximum atomic E-state index is 11.8. The van der Waals surface area contributed by atoms with Gasteiger partial charge in [0.25, 0.3) is 0 Å². The van der Waals surface area contributed by atoms with Crippen LogP contribution in [0.25, 0.3) is 0 Å². The SMILES string of the molecule is CSCC(=O)OC1(c2ccccc2)CCNCC1. The number of ether oxygens (including phenoxy) is 1. The van der Waals surface area contributed by atoms with Gasteiger partial charge in [0.1, 0.15) is 5.60 Å². The first-order valence-electron chi connectivity index (χ1n) is 6.24. The number of piperidine rings is 1. The molecule has 0 atom stereocenters. The zero-order valence-corrected chi connectivity index (χ0v) is 11.5. The number of carbonyl (C=O) groups excluding carboxylic acids is 1. The van der Waals surface area contributed by atoms with E-state index >= 15 is 0 Å². The van der Waals surface area contributed by atoms with Crippen molar-refractivity contribution < 1.29 is 9.53 Å². The molecule has 0 amide bonds. The molecule has 1 aromatic carbocycles. The number of carbonyl (C=O) groups is 1. The van der Waals surface area contributed by atoms with Gasteiger partial charge in [0.2, 0.25) is 0 Å². The number of hydrogen-bond donors (Lipinski definition) is 1. The topological polar surface area (TPSA) is 38.3 Å². The molecule has 3 nitrogen and oxygen atoms in total. The number of hydrogen-bond acceptors (Lipinski definition) is 4. The predicted octanol–water partition coefficient (Wildman–Crippen LogP) is 2.17. The molecule has 1 N–H and O–H groups in total. The van der Waals surface area contributed by atoms with Crippen LogP contribution in [0.5, 0.6) is 0 Å². The van der Waals surface area contributed by atoms with E-state index in [4.69, 9.17) is 4.74 Å². The molecule has 1 heterocycles. The number of esters is 1. The first-order valence-corrected chi connectivity index (χ1v) is 7.63. The lowest BCUT2D eigenvalue weighted by molar-refractivity contribution is -0.160.